The molecule has 0 fully saturated rings. The first kappa shape index (κ1) is 12.7. The molecule has 5 heteroatoms. The summed E-state index contributed by atoms with van der Waals surface area (Å²) in [5.41, 5.74) is -0.287. The molecule has 5 nitrogen and oxygen atoms in total. The highest BCUT2D eigenvalue weighted by Crippen LogP contribution is 2.32. The van der Waals surface area contributed by atoms with Gasteiger partial charge in [-0.15, -0.1) is 0 Å². The standard InChI is InChI=1S/C13H17NO4/c1-13(2,16)12(15)14-6-5-9-3-4-10-11(7-9)18-8-17-10/h3-4,7,16H,5-6,8H2,1-2H3,(H,14,15). The maximum Gasteiger partial charge on any atom is 0.251 e. The maximum atomic E-state index is 11.4. The summed E-state index contributed by atoms with van der Waals surface area (Å²) in [6.45, 7) is 3.66. The van der Waals surface area contributed by atoms with E-state index >= 15 is 0 Å². The van der Waals surface area contributed by atoms with Gasteiger partial charge >= 0.3 is 0 Å². The zero-order chi connectivity index (χ0) is 13.2. The van der Waals surface area contributed by atoms with Gasteiger partial charge in [0.25, 0.3) is 5.91 Å². The number of benzene rings is 1. The first-order valence-corrected chi connectivity index (χ1v) is 5.86. The number of fused-ring (bicyclic) bond motifs is 1. The van der Waals surface area contributed by atoms with Crippen LogP contribution in [0.15, 0.2) is 18.2 Å². The predicted molar refractivity (Wildman–Crippen MR) is 65.6 cm³/mol. The van der Waals surface area contributed by atoms with Crippen LogP contribution in [0.5, 0.6) is 11.5 Å². The third kappa shape index (κ3) is 2.92. The third-order valence-corrected chi connectivity index (χ3v) is 2.69. The van der Waals surface area contributed by atoms with E-state index in [4.69, 9.17) is 9.47 Å². The van der Waals surface area contributed by atoms with Crippen LogP contribution in [-0.4, -0.2) is 30.0 Å². The highest BCUT2D eigenvalue weighted by molar-refractivity contribution is 5.83. The van der Waals surface area contributed by atoms with E-state index < -0.39 is 5.60 Å². The molecule has 0 atom stereocenters. The predicted octanol–water partition coefficient (Wildman–Crippen LogP) is 0.845. The van der Waals surface area contributed by atoms with Crippen LogP contribution >= 0.6 is 0 Å². The van der Waals surface area contributed by atoms with Crippen LogP contribution in [0.3, 0.4) is 0 Å². The third-order valence-electron chi connectivity index (χ3n) is 2.69. The molecule has 1 aromatic carbocycles. The van der Waals surface area contributed by atoms with Crippen molar-refractivity contribution in [3.8, 4) is 11.5 Å². The van der Waals surface area contributed by atoms with Crippen molar-refractivity contribution in [2.75, 3.05) is 13.3 Å². The quantitative estimate of drug-likeness (QED) is 0.832. The molecule has 18 heavy (non-hydrogen) atoms. The first-order valence-electron chi connectivity index (χ1n) is 5.86. The Morgan fingerprint density at radius 3 is 2.83 bits per heavy atom. The molecule has 1 aliphatic rings. The number of carbonyl (C=O) groups excluding carboxylic acids is 1. The Kier molecular flexibility index (Phi) is 3.43. The Morgan fingerprint density at radius 2 is 2.11 bits per heavy atom. The summed E-state index contributed by atoms with van der Waals surface area (Å²) in [7, 11) is 0. The van der Waals surface area contributed by atoms with Gasteiger partial charge in [0, 0.05) is 6.54 Å². The Labute approximate surface area is 106 Å². The van der Waals surface area contributed by atoms with E-state index in [2.05, 4.69) is 5.32 Å². The molecule has 1 aromatic rings. The van der Waals surface area contributed by atoms with Crippen LogP contribution < -0.4 is 14.8 Å². The van der Waals surface area contributed by atoms with Crippen molar-refractivity contribution in [3.63, 3.8) is 0 Å². The lowest BCUT2D eigenvalue weighted by atomic mass is 10.1. The summed E-state index contributed by atoms with van der Waals surface area (Å²) >= 11 is 0. The molecular weight excluding hydrogens is 234 g/mol. The number of hydrogen-bond donors (Lipinski definition) is 2. The summed E-state index contributed by atoms with van der Waals surface area (Å²) in [5.74, 6) is 1.11. The molecule has 2 N–H and O–H groups in total. The van der Waals surface area contributed by atoms with Gasteiger partial charge in [0.05, 0.1) is 0 Å². The zero-order valence-electron chi connectivity index (χ0n) is 10.5. The molecule has 2 rings (SSSR count). The second-order valence-corrected chi connectivity index (χ2v) is 4.75. The number of nitrogens with one attached hydrogen (secondary N) is 1. The van der Waals surface area contributed by atoms with Crippen molar-refractivity contribution < 1.29 is 19.4 Å². The van der Waals surface area contributed by atoms with Crippen LogP contribution in [0.25, 0.3) is 0 Å². The molecule has 0 unspecified atom stereocenters. The molecule has 1 amide bonds. The van der Waals surface area contributed by atoms with E-state index in [1.54, 1.807) is 0 Å². The number of rotatable bonds is 4. The highest BCUT2D eigenvalue weighted by atomic mass is 16.7. The summed E-state index contributed by atoms with van der Waals surface area (Å²) < 4.78 is 10.5. The molecule has 0 saturated carbocycles. The van der Waals surface area contributed by atoms with Crippen molar-refractivity contribution >= 4 is 5.91 Å². The lowest BCUT2D eigenvalue weighted by Gasteiger charge is -2.16. The molecule has 0 bridgehead atoms. The van der Waals surface area contributed by atoms with Crippen molar-refractivity contribution in [3.05, 3.63) is 23.8 Å². The van der Waals surface area contributed by atoms with Crippen molar-refractivity contribution in [1.29, 1.82) is 0 Å². The molecule has 0 spiro atoms. The Hall–Kier alpha value is -1.75. The maximum absolute atomic E-state index is 11.4. The minimum Gasteiger partial charge on any atom is -0.454 e. The Balaban J connectivity index is 1.86. The van der Waals surface area contributed by atoms with Crippen LogP contribution in [-0.2, 0) is 11.2 Å². The van der Waals surface area contributed by atoms with E-state index in [1.165, 1.54) is 13.8 Å². The molecule has 1 aliphatic heterocycles. The molecule has 0 radical (unpaired) electrons. The van der Waals surface area contributed by atoms with Gasteiger partial charge in [-0.1, -0.05) is 6.07 Å². The largest absolute Gasteiger partial charge is 0.454 e. The Morgan fingerprint density at radius 1 is 1.39 bits per heavy atom. The van der Waals surface area contributed by atoms with Gasteiger partial charge in [-0.2, -0.15) is 0 Å². The Bertz CT molecular complexity index is 451. The summed E-state index contributed by atoms with van der Waals surface area (Å²) in [4.78, 5) is 11.4. The van der Waals surface area contributed by atoms with Gasteiger partial charge in [-0.05, 0) is 38.0 Å². The van der Waals surface area contributed by atoms with E-state index in [0.717, 1.165) is 17.1 Å². The van der Waals surface area contributed by atoms with Gasteiger partial charge in [0.1, 0.15) is 5.60 Å². The van der Waals surface area contributed by atoms with Gasteiger partial charge in [0.2, 0.25) is 6.79 Å². The van der Waals surface area contributed by atoms with E-state index in [-0.39, 0.29) is 12.7 Å². The molecule has 1 heterocycles. The molecule has 0 aromatic heterocycles. The minimum atomic E-state index is -1.34. The van der Waals surface area contributed by atoms with E-state index in [9.17, 15) is 9.90 Å². The minimum absolute atomic E-state index is 0.258. The number of amides is 1. The van der Waals surface area contributed by atoms with Crippen LogP contribution in [0.2, 0.25) is 0 Å². The van der Waals surface area contributed by atoms with Gasteiger partial charge in [-0.3, -0.25) is 4.79 Å². The second-order valence-electron chi connectivity index (χ2n) is 4.75. The van der Waals surface area contributed by atoms with Gasteiger partial charge < -0.3 is 19.9 Å². The summed E-state index contributed by atoms with van der Waals surface area (Å²) in [5, 5.41) is 12.1. The molecule has 98 valence electrons. The fourth-order valence-corrected chi connectivity index (χ4v) is 1.63. The summed E-state index contributed by atoms with van der Waals surface area (Å²) in [6.07, 6.45) is 0.679. The topological polar surface area (TPSA) is 67.8 Å². The molecular formula is C13H17NO4. The average Bonchev–Trinajstić information content (AvgIpc) is 2.74. The SMILES string of the molecule is CC(C)(O)C(=O)NCCc1ccc2c(c1)OCO2. The number of hydrogen-bond acceptors (Lipinski definition) is 4. The number of aliphatic hydroxyl groups is 1. The first-order chi connectivity index (χ1) is 8.47. The second kappa shape index (κ2) is 4.86. The monoisotopic (exact) mass is 251 g/mol. The number of ether oxygens (including phenoxy) is 2. The van der Waals surface area contributed by atoms with Crippen LogP contribution in [0.1, 0.15) is 19.4 Å². The van der Waals surface area contributed by atoms with Crippen molar-refractivity contribution in [2.24, 2.45) is 0 Å². The van der Waals surface area contributed by atoms with Gasteiger partial charge in [0.15, 0.2) is 11.5 Å². The van der Waals surface area contributed by atoms with Crippen LogP contribution in [0.4, 0.5) is 0 Å². The highest BCUT2D eigenvalue weighted by Gasteiger charge is 2.22. The van der Waals surface area contributed by atoms with Crippen LogP contribution in [0, 0.1) is 0 Å². The lowest BCUT2D eigenvalue weighted by Crippen LogP contribution is -2.42. The van der Waals surface area contributed by atoms with Crippen molar-refractivity contribution in [1.82, 2.24) is 5.32 Å². The fraction of sp³-hybridized carbons (Fsp3) is 0.462. The zero-order valence-corrected chi connectivity index (χ0v) is 10.5. The van der Waals surface area contributed by atoms with E-state index in [1.807, 2.05) is 18.2 Å². The van der Waals surface area contributed by atoms with Crippen molar-refractivity contribution in [2.45, 2.75) is 25.9 Å². The lowest BCUT2D eigenvalue weighted by molar-refractivity contribution is -0.136. The number of carbonyl (C=O) groups is 1. The van der Waals surface area contributed by atoms with E-state index in [0.29, 0.717) is 13.0 Å². The molecule has 0 aliphatic carbocycles. The van der Waals surface area contributed by atoms with Gasteiger partial charge in [-0.25, -0.2) is 0 Å². The average molecular weight is 251 g/mol. The molecule has 0 saturated heterocycles. The summed E-state index contributed by atoms with van der Waals surface area (Å²) in [6, 6.07) is 5.69. The smallest absolute Gasteiger partial charge is 0.251 e. The fourth-order valence-electron chi connectivity index (χ4n) is 1.63. The normalized spacial score (nSPS) is 13.5.